The molecule has 0 radical (unpaired) electrons. The molecule has 5 aliphatic carbocycles. The van der Waals surface area contributed by atoms with Gasteiger partial charge in [0.25, 0.3) is 5.91 Å². The number of nitrogens with zero attached hydrogens (tertiary/aromatic N) is 3. The molecule has 5 N–H and O–H groups in total. The van der Waals surface area contributed by atoms with Crippen LogP contribution in [0.4, 0.5) is 5.69 Å². The highest BCUT2D eigenvalue weighted by atomic mass is 16.1. The van der Waals surface area contributed by atoms with E-state index in [2.05, 4.69) is 10.3 Å². The van der Waals surface area contributed by atoms with Gasteiger partial charge in [0.1, 0.15) is 5.66 Å². The molecule has 1 aliphatic heterocycles. The quantitative estimate of drug-likeness (QED) is 0.678. The van der Waals surface area contributed by atoms with Gasteiger partial charge in [-0.1, -0.05) is 6.42 Å². The Morgan fingerprint density at radius 2 is 1.56 bits per heavy atom. The Hall–Kier alpha value is -2.57. The number of benzene rings is 1. The summed E-state index contributed by atoms with van der Waals surface area (Å²) >= 11 is 0. The molecule has 170 valence electrons. The molecule has 0 atom stereocenters. The molecule has 0 saturated heterocycles. The fourth-order valence-corrected chi connectivity index (χ4v) is 7.65. The van der Waals surface area contributed by atoms with Crippen molar-refractivity contribution in [2.45, 2.75) is 75.9 Å². The summed E-state index contributed by atoms with van der Waals surface area (Å²) in [5, 5.41) is 3.41. The van der Waals surface area contributed by atoms with E-state index < -0.39 is 5.66 Å². The van der Waals surface area contributed by atoms with Gasteiger partial charge >= 0.3 is 0 Å². The first-order valence-electron chi connectivity index (χ1n) is 12.4. The maximum absolute atomic E-state index is 13.1. The second-order valence-electron chi connectivity index (χ2n) is 10.8. The van der Waals surface area contributed by atoms with E-state index in [4.69, 9.17) is 16.5 Å². The largest absolute Gasteiger partial charge is 0.369 e. The normalized spacial score (nSPS) is 34.9. The van der Waals surface area contributed by atoms with Gasteiger partial charge in [0, 0.05) is 17.3 Å². The molecule has 6 aliphatic rings. The zero-order valence-corrected chi connectivity index (χ0v) is 18.7. The highest BCUT2D eigenvalue weighted by molar-refractivity contribution is 6.06. The molecule has 32 heavy (non-hydrogen) atoms. The third-order valence-corrected chi connectivity index (χ3v) is 8.76. The van der Waals surface area contributed by atoms with Crippen molar-refractivity contribution in [2.75, 3.05) is 4.90 Å². The molecule has 4 bridgehead atoms. The van der Waals surface area contributed by atoms with E-state index in [9.17, 15) is 4.79 Å². The SMILES string of the molecule is NC1=NC2(CCCCC2)N(c2ccc(C(=O)NC3C4CC5CC(C4)CC3C5)cc2)C(N)=N1. The lowest BCUT2D eigenvalue weighted by Crippen LogP contribution is -2.58. The Balaban J connectivity index is 1.20. The molecule has 1 amide bonds. The topological polar surface area (TPSA) is 109 Å². The molecule has 0 aromatic heterocycles. The van der Waals surface area contributed by atoms with E-state index in [1.165, 1.54) is 38.5 Å². The van der Waals surface area contributed by atoms with Crippen LogP contribution in [-0.4, -0.2) is 29.5 Å². The molecule has 5 fully saturated rings. The maximum atomic E-state index is 13.1. The number of hydrogen-bond donors (Lipinski definition) is 3. The van der Waals surface area contributed by atoms with Crippen molar-refractivity contribution >= 4 is 23.5 Å². The first-order chi connectivity index (χ1) is 15.5. The molecule has 5 saturated carbocycles. The lowest BCUT2D eigenvalue weighted by atomic mass is 9.54. The average Bonchev–Trinajstić information content (AvgIpc) is 2.76. The summed E-state index contributed by atoms with van der Waals surface area (Å²) in [7, 11) is 0. The van der Waals surface area contributed by atoms with Crippen LogP contribution < -0.4 is 21.7 Å². The Labute approximate surface area is 189 Å². The van der Waals surface area contributed by atoms with Crippen LogP contribution in [0.5, 0.6) is 0 Å². The van der Waals surface area contributed by atoms with Gasteiger partial charge in [-0.2, -0.15) is 4.99 Å². The summed E-state index contributed by atoms with van der Waals surface area (Å²) in [6.07, 6.45) is 11.8. The van der Waals surface area contributed by atoms with Gasteiger partial charge in [-0.15, -0.1) is 0 Å². The zero-order chi connectivity index (χ0) is 21.9. The van der Waals surface area contributed by atoms with Crippen LogP contribution in [0.1, 0.15) is 74.6 Å². The summed E-state index contributed by atoms with van der Waals surface area (Å²) in [4.78, 5) is 24.1. The van der Waals surface area contributed by atoms with E-state index in [0.29, 0.717) is 29.4 Å². The minimum Gasteiger partial charge on any atom is -0.369 e. The molecular formula is C25H34N6O. The average molecular weight is 435 g/mol. The highest BCUT2D eigenvalue weighted by Crippen LogP contribution is 2.53. The third-order valence-electron chi connectivity index (χ3n) is 8.76. The van der Waals surface area contributed by atoms with Gasteiger partial charge in [0.15, 0.2) is 0 Å². The first-order valence-corrected chi connectivity index (χ1v) is 12.4. The number of nitrogens with one attached hydrogen (secondary N) is 1. The Bertz CT molecular complexity index is 933. The van der Waals surface area contributed by atoms with Gasteiger partial charge in [0.05, 0.1) is 0 Å². The van der Waals surface area contributed by atoms with Crippen molar-refractivity contribution < 1.29 is 4.79 Å². The smallest absolute Gasteiger partial charge is 0.251 e. The number of rotatable bonds is 3. The van der Waals surface area contributed by atoms with Crippen molar-refractivity contribution in [3.05, 3.63) is 29.8 Å². The number of nitrogens with two attached hydrogens (primary N) is 2. The van der Waals surface area contributed by atoms with Crippen LogP contribution in [-0.2, 0) is 0 Å². The van der Waals surface area contributed by atoms with Crippen molar-refractivity contribution in [2.24, 2.45) is 45.1 Å². The second-order valence-corrected chi connectivity index (χ2v) is 10.8. The number of guanidine groups is 2. The minimum atomic E-state index is -0.460. The van der Waals surface area contributed by atoms with Crippen LogP contribution >= 0.6 is 0 Å². The predicted molar refractivity (Wildman–Crippen MR) is 126 cm³/mol. The Morgan fingerprint density at radius 1 is 0.938 bits per heavy atom. The summed E-state index contributed by atoms with van der Waals surface area (Å²) in [5.41, 5.74) is 13.5. The van der Waals surface area contributed by atoms with E-state index in [0.717, 1.165) is 43.2 Å². The molecular weight excluding hydrogens is 400 g/mol. The lowest BCUT2D eigenvalue weighted by Gasteiger charge is -2.54. The van der Waals surface area contributed by atoms with E-state index in [1.807, 2.05) is 29.2 Å². The molecule has 0 unspecified atom stereocenters. The second kappa shape index (κ2) is 7.49. The number of amides is 1. The van der Waals surface area contributed by atoms with Crippen molar-refractivity contribution in [3.63, 3.8) is 0 Å². The molecule has 7 nitrogen and oxygen atoms in total. The Kier molecular flexibility index (Phi) is 4.70. The monoisotopic (exact) mass is 434 g/mol. The van der Waals surface area contributed by atoms with E-state index in [-0.39, 0.29) is 11.9 Å². The van der Waals surface area contributed by atoms with Gasteiger partial charge in [-0.05, 0) is 106 Å². The molecule has 1 aromatic rings. The predicted octanol–water partition coefficient (Wildman–Crippen LogP) is 3.35. The number of aliphatic imine (C=N–C) groups is 2. The van der Waals surface area contributed by atoms with Crippen LogP contribution in [0.25, 0.3) is 0 Å². The standard InChI is InChI=1S/C25H34N6O/c26-23-29-24(27)31(25(30-23)8-2-1-3-9-25)20-6-4-17(5-7-20)22(32)28-21-18-11-15-10-16(13-18)14-19(21)12-15/h4-7,15-16,18-19,21H,1-3,8-14H2,(H,28,32)(H4,26,27,29,30). The van der Waals surface area contributed by atoms with Crippen LogP contribution in [0.15, 0.2) is 34.3 Å². The van der Waals surface area contributed by atoms with Crippen LogP contribution in [0.2, 0.25) is 0 Å². The molecule has 1 aromatic carbocycles. The highest BCUT2D eigenvalue weighted by Gasteiger charge is 2.48. The zero-order valence-electron chi connectivity index (χ0n) is 18.7. The molecule has 1 heterocycles. The summed E-state index contributed by atoms with van der Waals surface area (Å²) in [6, 6.07) is 8.12. The first kappa shape index (κ1) is 20.1. The fraction of sp³-hybridized carbons (Fsp3) is 0.640. The Morgan fingerprint density at radius 3 is 2.19 bits per heavy atom. The maximum Gasteiger partial charge on any atom is 0.251 e. The van der Waals surface area contributed by atoms with E-state index >= 15 is 0 Å². The number of anilines is 1. The molecule has 1 spiro atoms. The third kappa shape index (κ3) is 3.28. The number of hydrogen-bond acceptors (Lipinski definition) is 6. The number of carbonyl (C=O) groups is 1. The lowest BCUT2D eigenvalue weighted by molar-refractivity contribution is -0.0119. The summed E-state index contributed by atoms with van der Waals surface area (Å²) in [5.74, 6) is 3.85. The summed E-state index contributed by atoms with van der Waals surface area (Å²) in [6.45, 7) is 0. The van der Waals surface area contributed by atoms with Crippen molar-refractivity contribution in [1.29, 1.82) is 0 Å². The fourth-order valence-electron chi connectivity index (χ4n) is 7.65. The van der Waals surface area contributed by atoms with Gasteiger partial charge in [0.2, 0.25) is 11.9 Å². The van der Waals surface area contributed by atoms with Gasteiger partial charge < -0.3 is 16.8 Å². The van der Waals surface area contributed by atoms with Crippen molar-refractivity contribution in [3.8, 4) is 0 Å². The van der Waals surface area contributed by atoms with Gasteiger partial charge in [-0.25, -0.2) is 4.99 Å². The van der Waals surface area contributed by atoms with Crippen LogP contribution in [0.3, 0.4) is 0 Å². The molecule has 7 rings (SSSR count). The van der Waals surface area contributed by atoms with Gasteiger partial charge in [-0.3, -0.25) is 9.69 Å². The molecule has 7 heteroatoms. The number of carbonyl (C=O) groups excluding carboxylic acids is 1. The van der Waals surface area contributed by atoms with Crippen LogP contribution in [0, 0.1) is 23.7 Å². The van der Waals surface area contributed by atoms with E-state index in [1.54, 1.807) is 0 Å². The summed E-state index contributed by atoms with van der Waals surface area (Å²) < 4.78 is 0. The van der Waals surface area contributed by atoms with Crippen molar-refractivity contribution in [1.82, 2.24) is 5.32 Å². The minimum absolute atomic E-state index is 0.0453.